The molecule has 0 spiro atoms. The van der Waals surface area contributed by atoms with Crippen LogP contribution in [0.15, 0.2) is 24.3 Å². The lowest BCUT2D eigenvalue weighted by atomic mass is 9.98. The summed E-state index contributed by atoms with van der Waals surface area (Å²) in [6.45, 7) is 2.34. The van der Waals surface area contributed by atoms with Gasteiger partial charge in [0.15, 0.2) is 0 Å². The lowest BCUT2D eigenvalue weighted by Crippen LogP contribution is -2.33. The molecule has 1 N–H and O–H groups in total. The maximum atomic E-state index is 12.0. The molecular weight excluding hydrogens is 282 g/mol. The minimum atomic E-state index is -0.890. The van der Waals surface area contributed by atoms with E-state index in [-0.39, 0.29) is 6.10 Å². The first-order valence-electron chi connectivity index (χ1n) is 7.81. The summed E-state index contributed by atoms with van der Waals surface area (Å²) in [5.41, 5.74) is 0.583. The van der Waals surface area contributed by atoms with Crippen molar-refractivity contribution in [3.05, 3.63) is 29.8 Å². The number of carbonyl (C=O) groups is 1. The summed E-state index contributed by atoms with van der Waals surface area (Å²) in [5, 5.41) is 2.56. The molecule has 1 saturated carbocycles. The number of hydrogen-bond acceptors (Lipinski definition) is 4. The zero-order chi connectivity index (χ0) is 15.8. The van der Waals surface area contributed by atoms with Crippen molar-refractivity contribution >= 4 is 12.4 Å². The Hall–Kier alpha value is -2.04. The van der Waals surface area contributed by atoms with Gasteiger partial charge in [0.2, 0.25) is 6.29 Å². The molecule has 5 nitrogen and oxygen atoms in total. The number of amides is 1. The molecule has 1 aliphatic carbocycles. The monoisotopic (exact) mass is 304 g/mol. The molecule has 0 aliphatic heterocycles. The SMILES string of the molecule is CCOc1ccccc1C([C]=O)NC(=O)OC1CCCCC1. The van der Waals surface area contributed by atoms with E-state index >= 15 is 0 Å². The maximum Gasteiger partial charge on any atom is 0.408 e. The van der Waals surface area contributed by atoms with Crippen molar-refractivity contribution in [3.63, 3.8) is 0 Å². The Bertz CT molecular complexity index is 497. The quantitative estimate of drug-likeness (QED) is 0.876. The lowest BCUT2D eigenvalue weighted by molar-refractivity contribution is 0.0742. The Labute approximate surface area is 131 Å². The average Bonchev–Trinajstić information content (AvgIpc) is 2.54. The summed E-state index contributed by atoms with van der Waals surface area (Å²) in [5.74, 6) is 0.566. The van der Waals surface area contributed by atoms with Crippen LogP contribution in [0.2, 0.25) is 0 Å². The first-order chi connectivity index (χ1) is 10.7. The normalized spacial score (nSPS) is 16.6. The third kappa shape index (κ3) is 4.48. The average molecular weight is 304 g/mol. The fourth-order valence-electron chi connectivity index (χ4n) is 2.66. The maximum absolute atomic E-state index is 12.0. The summed E-state index contributed by atoms with van der Waals surface area (Å²) in [6, 6.07) is 6.21. The zero-order valence-corrected chi connectivity index (χ0v) is 12.8. The van der Waals surface area contributed by atoms with Crippen LogP contribution in [0.5, 0.6) is 5.75 Å². The van der Waals surface area contributed by atoms with Crippen molar-refractivity contribution in [2.75, 3.05) is 6.61 Å². The fraction of sp³-hybridized carbons (Fsp3) is 0.529. The molecule has 1 amide bonds. The van der Waals surface area contributed by atoms with Gasteiger partial charge >= 0.3 is 6.09 Å². The van der Waals surface area contributed by atoms with Gasteiger partial charge in [-0.15, -0.1) is 0 Å². The molecule has 1 atom stereocenters. The number of para-hydroxylation sites is 1. The Morgan fingerprint density at radius 2 is 2.05 bits per heavy atom. The lowest BCUT2D eigenvalue weighted by Gasteiger charge is -2.23. The second-order valence-electron chi connectivity index (χ2n) is 5.33. The van der Waals surface area contributed by atoms with Crippen molar-refractivity contribution in [1.29, 1.82) is 0 Å². The molecule has 0 saturated heterocycles. The van der Waals surface area contributed by atoms with Crippen LogP contribution >= 0.6 is 0 Å². The van der Waals surface area contributed by atoms with Crippen molar-refractivity contribution < 1.29 is 19.1 Å². The van der Waals surface area contributed by atoms with Crippen LogP contribution in [0.25, 0.3) is 0 Å². The predicted molar refractivity (Wildman–Crippen MR) is 82.5 cm³/mol. The zero-order valence-electron chi connectivity index (χ0n) is 12.8. The number of rotatable bonds is 6. The molecule has 0 bridgehead atoms. The van der Waals surface area contributed by atoms with E-state index in [0.717, 1.165) is 25.7 Å². The van der Waals surface area contributed by atoms with Gasteiger partial charge in [-0.25, -0.2) is 4.79 Å². The van der Waals surface area contributed by atoms with E-state index in [0.29, 0.717) is 17.9 Å². The second-order valence-corrected chi connectivity index (χ2v) is 5.33. The molecule has 119 valence electrons. The first-order valence-corrected chi connectivity index (χ1v) is 7.81. The summed E-state index contributed by atoms with van der Waals surface area (Å²) in [7, 11) is 0. The highest BCUT2D eigenvalue weighted by Gasteiger charge is 2.22. The predicted octanol–water partition coefficient (Wildman–Crippen LogP) is 3.30. The van der Waals surface area contributed by atoms with Gasteiger partial charge in [0.25, 0.3) is 0 Å². The van der Waals surface area contributed by atoms with E-state index in [2.05, 4.69) is 5.32 Å². The van der Waals surface area contributed by atoms with E-state index < -0.39 is 12.1 Å². The van der Waals surface area contributed by atoms with Crippen molar-refractivity contribution in [1.82, 2.24) is 5.32 Å². The summed E-state index contributed by atoms with van der Waals surface area (Å²) >= 11 is 0. The smallest absolute Gasteiger partial charge is 0.408 e. The highest BCUT2D eigenvalue weighted by Crippen LogP contribution is 2.25. The fourth-order valence-corrected chi connectivity index (χ4v) is 2.66. The molecular formula is C17H22NO4. The largest absolute Gasteiger partial charge is 0.494 e. The standard InChI is InChI=1S/C17H22NO4/c1-2-21-16-11-7-6-10-14(16)15(12-19)18-17(20)22-13-8-4-3-5-9-13/h6-7,10-11,13,15H,2-5,8-9H2,1H3,(H,18,20). The van der Waals surface area contributed by atoms with Crippen molar-refractivity contribution in [2.45, 2.75) is 51.2 Å². The van der Waals surface area contributed by atoms with Gasteiger partial charge in [0.05, 0.1) is 6.61 Å². The van der Waals surface area contributed by atoms with Crippen LogP contribution in [-0.4, -0.2) is 25.1 Å². The van der Waals surface area contributed by atoms with E-state index in [1.165, 1.54) is 6.42 Å². The molecule has 1 aromatic rings. The van der Waals surface area contributed by atoms with E-state index in [4.69, 9.17) is 9.47 Å². The molecule has 1 aromatic carbocycles. The number of hydrogen-bond donors (Lipinski definition) is 1. The highest BCUT2D eigenvalue weighted by atomic mass is 16.6. The Kier molecular flexibility index (Phi) is 6.25. The molecule has 1 aliphatic rings. The summed E-state index contributed by atoms with van der Waals surface area (Å²) in [6.07, 6.45) is 6.33. The van der Waals surface area contributed by atoms with Crippen LogP contribution in [0, 0.1) is 0 Å². The second kappa shape index (κ2) is 8.41. The molecule has 5 heteroatoms. The van der Waals surface area contributed by atoms with Crippen LogP contribution in [0.1, 0.15) is 50.6 Å². The van der Waals surface area contributed by atoms with Gasteiger partial charge in [0.1, 0.15) is 17.9 Å². The van der Waals surface area contributed by atoms with Crippen LogP contribution in [0.3, 0.4) is 0 Å². The minimum Gasteiger partial charge on any atom is -0.494 e. The number of carbonyl (C=O) groups excluding carboxylic acids is 2. The molecule has 0 heterocycles. The highest BCUT2D eigenvalue weighted by molar-refractivity contribution is 5.75. The van der Waals surface area contributed by atoms with Gasteiger partial charge in [-0.05, 0) is 38.7 Å². The van der Waals surface area contributed by atoms with E-state index in [9.17, 15) is 9.59 Å². The number of nitrogens with one attached hydrogen (secondary N) is 1. The van der Waals surface area contributed by atoms with Crippen molar-refractivity contribution in [3.8, 4) is 5.75 Å². The van der Waals surface area contributed by atoms with Crippen molar-refractivity contribution in [2.24, 2.45) is 0 Å². The Morgan fingerprint density at radius 1 is 1.32 bits per heavy atom. The molecule has 1 unspecified atom stereocenters. The molecule has 1 radical (unpaired) electrons. The summed E-state index contributed by atoms with van der Waals surface area (Å²) < 4.78 is 10.9. The molecule has 22 heavy (non-hydrogen) atoms. The Morgan fingerprint density at radius 3 is 2.73 bits per heavy atom. The van der Waals surface area contributed by atoms with Crippen LogP contribution in [-0.2, 0) is 9.53 Å². The molecule has 2 rings (SSSR count). The Balaban J connectivity index is 1.99. The number of benzene rings is 1. The van der Waals surface area contributed by atoms with Crippen LogP contribution in [0.4, 0.5) is 4.79 Å². The third-order valence-corrected chi connectivity index (χ3v) is 3.74. The first kappa shape index (κ1) is 16.3. The molecule has 1 fully saturated rings. The van der Waals surface area contributed by atoms with Crippen LogP contribution < -0.4 is 10.1 Å². The van der Waals surface area contributed by atoms with E-state index in [1.807, 2.05) is 19.3 Å². The minimum absolute atomic E-state index is 0.0526. The number of ether oxygens (including phenoxy) is 2. The molecule has 0 aromatic heterocycles. The topological polar surface area (TPSA) is 64.6 Å². The van der Waals surface area contributed by atoms with E-state index in [1.54, 1.807) is 18.2 Å². The number of alkyl carbamates (subject to hydrolysis) is 1. The van der Waals surface area contributed by atoms with Gasteiger partial charge in [0, 0.05) is 5.56 Å². The van der Waals surface area contributed by atoms with Gasteiger partial charge in [-0.2, -0.15) is 0 Å². The van der Waals surface area contributed by atoms with Gasteiger partial charge < -0.3 is 14.8 Å². The van der Waals surface area contributed by atoms with Gasteiger partial charge in [-0.1, -0.05) is 24.6 Å². The third-order valence-electron chi connectivity index (χ3n) is 3.74. The summed E-state index contributed by atoms with van der Waals surface area (Å²) in [4.78, 5) is 23.2. The van der Waals surface area contributed by atoms with Gasteiger partial charge in [-0.3, -0.25) is 4.79 Å².